The predicted octanol–water partition coefficient (Wildman–Crippen LogP) is 4.63. The minimum Gasteiger partial charge on any atom is -0.464 e. The number of rotatable bonds is 4. The van der Waals surface area contributed by atoms with Gasteiger partial charge in [0.05, 0.1) is 6.54 Å². The van der Waals surface area contributed by atoms with Crippen LogP contribution in [0.4, 0.5) is 5.69 Å². The van der Waals surface area contributed by atoms with Crippen LogP contribution in [0.2, 0.25) is 0 Å². The van der Waals surface area contributed by atoms with E-state index in [9.17, 15) is 0 Å². The van der Waals surface area contributed by atoms with Gasteiger partial charge in [0.2, 0.25) is 0 Å². The lowest BCUT2D eigenvalue weighted by molar-refractivity contribution is 0.468. The van der Waals surface area contributed by atoms with Gasteiger partial charge in [0.25, 0.3) is 0 Å². The predicted molar refractivity (Wildman–Crippen MR) is 78.5 cm³/mol. The van der Waals surface area contributed by atoms with Crippen molar-refractivity contribution in [1.29, 1.82) is 0 Å². The van der Waals surface area contributed by atoms with E-state index in [0.29, 0.717) is 5.92 Å². The van der Waals surface area contributed by atoms with Crippen molar-refractivity contribution in [3.63, 3.8) is 0 Å². The van der Waals surface area contributed by atoms with Gasteiger partial charge < -0.3 is 9.73 Å². The van der Waals surface area contributed by atoms with Crippen LogP contribution < -0.4 is 5.32 Å². The van der Waals surface area contributed by atoms with Crippen LogP contribution in [-0.2, 0) is 6.54 Å². The van der Waals surface area contributed by atoms with E-state index in [4.69, 9.17) is 4.42 Å². The van der Waals surface area contributed by atoms with E-state index in [1.54, 1.807) is 0 Å². The Morgan fingerprint density at radius 3 is 2.74 bits per heavy atom. The Labute approximate surface area is 114 Å². The van der Waals surface area contributed by atoms with E-state index in [1.807, 2.05) is 0 Å². The minimum absolute atomic E-state index is 0.662. The highest BCUT2D eigenvalue weighted by molar-refractivity contribution is 5.53. The first-order chi connectivity index (χ1) is 9.15. The smallest absolute Gasteiger partial charge is 0.123 e. The molecule has 19 heavy (non-hydrogen) atoms. The monoisotopic (exact) mass is 255 g/mol. The van der Waals surface area contributed by atoms with E-state index in [1.165, 1.54) is 23.2 Å². The average molecular weight is 255 g/mol. The van der Waals surface area contributed by atoms with Crippen molar-refractivity contribution in [3.05, 3.63) is 53.0 Å². The molecule has 0 aliphatic heterocycles. The molecule has 2 nitrogen and oxygen atoms in total. The van der Waals surface area contributed by atoms with Gasteiger partial charge in [-0.1, -0.05) is 19.1 Å². The summed E-state index contributed by atoms with van der Waals surface area (Å²) >= 11 is 0. The first kappa shape index (κ1) is 12.3. The quantitative estimate of drug-likeness (QED) is 0.861. The topological polar surface area (TPSA) is 25.2 Å². The second-order valence-electron chi connectivity index (χ2n) is 5.72. The molecule has 1 aliphatic carbocycles. The maximum Gasteiger partial charge on any atom is 0.123 e. The Morgan fingerprint density at radius 1 is 1.21 bits per heavy atom. The molecule has 1 saturated carbocycles. The maximum absolute atomic E-state index is 5.91. The fourth-order valence-electron chi connectivity index (χ4n) is 2.53. The third-order valence-electron chi connectivity index (χ3n) is 4.22. The van der Waals surface area contributed by atoms with E-state index < -0.39 is 0 Å². The zero-order valence-electron chi connectivity index (χ0n) is 11.9. The molecule has 100 valence electrons. The van der Waals surface area contributed by atoms with Gasteiger partial charge in [-0.25, -0.2) is 0 Å². The molecule has 1 aliphatic rings. The highest BCUT2D eigenvalue weighted by atomic mass is 16.3. The molecule has 2 aromatic rings. The molecule has 0 radical (unpaired) electrons. The Balaban J connectivity index is 1.66. The number of aryl methyl sites for hydroxylation is 1. The summed E-state index contributed by atoms with van der Waals surface area (Å²) in [5.41, 5.74) is 3.82. The lowest BCUT2D eigenvalue weighted by Gasteiger charge is -2.10. The van der Waals surface area contributed by atoms with Gasteiger partial charge in [-0.3, -0.25) is 0 Å². The van der Waals surface area contributed by atoms with E-state index in [-0.39, 0.29) is 0 Å². The fourth-order valence-corrected chi connectivity index (χ4v) is 2.53. The van der Waals surface area contributed by atoms with Crippen LogP contribution >= 0.6 is 0 Å². The molecule has 2 heteroatoms. The standard InChI is InChI=1S/C17H21NO/c1-11-5-4-6-16(13(11)3)18-10-14-7-8-17(19-14)15-9-12(15)2/h4-8,12,15,18H,9-10H2,1-3H3. The van der Waals surface area contributed by atoms with Crippen LogP contribution in [0.1, 0.15) is 41.9 Å². The first-order valence-corrected chi connectivity index (χ1v) is 7.04. The second-order valence-corrected chi connectivity index (χ2v) is 5.72. The molecular formula is C17H21NO. The number of benzene rings is 1. The van der Waals surface area contributed by atoms with Gasteiger partial charge in [-0.15, -0.1) is 0 Å². The van der Waals surface area contributed by atoms with Crippen LogP contribution in [-0.4, -0.2) is 0 Å². The molecule has 2 atom stereocenters. The molecule has 1 heterocycles. The molecule has 1 N–H and O–H groups in total. The third-order valence-corrected chi connectivity index (χ3v) is 4.22. The second kappa shape index (κ2) is 4.76. The van der Waals surface area contributed by atoms with Gasteiger partial charge >= 0.3 is 0 Å². The Kier molecular flexibility index (Phi) is 3.09. The van der Waals surface area contributed by atoms with Crippen molar-refractivity contribution in [2.24, 2.45) is 5.92 Å². The molecule has 0 spiro atoms. The van der Waals surface area contributed by atoms with Crippen molar-refractivity contribution >= 4 is 5.69 Å². The Morgan fingerprint density at radius 2 is 2.00 bits per heavy atom. The van der Waals surface area contributed by atoms with Crippen molar-refractivity contribution in [1.82, 2.24) is 0 Å². The number of furan rings is 1. The van der Waals surface area contributed by atoms with Crippen LogP contribution in [0.3, 0.4) is 0 Å². The summed E-state index contributed by atoms with van der Waals surface area (Å²) in [6, 6.07) is 10.6. The van der Waals surface area contributed by atoms with Gasteiger partial charge in [0.15, 0.2) is 0 Å². The van der Waals surface area contributed by atoms with Gasteiger partial charge in [-0.05, 0) is 55.5 Å². The Bertz CT molecular complexity index is 585. The molecular weight excluding hydrogens is 234 g/mol. The lowest BCUT2D eigenvalue weighted by Crippen LogP contribution is -2.00. The van der Waals surface area contributed by atoms with Crippen LogP contribution in [0.5, 0.6) is 0 Å². The van der Waals surface area contributed by atoms with Gasteiger partial charge in [0, 0.05) is 11.6 Å². The van der Waals surface area contributed by atoms with E-state index >= 15 is 0 Å². The summed E-state index contributed by atoms with van der Waals surface area (Å²) in [5, 5.41) is 3.46. The summed E-state index contributed by atoms with van der Waals surface area (Å²) in [4.78, 5) is 0. The number of hydrogen-bond acceptors (Lipinski definition) is 2. The minimum atomic E-state index is 0.662. The largest absolute Gasteiger partial charge is 0.464 e. The zero-order chi connectivity index (χ0) is 13.4. The lowest BCUT2D eigenvalue weighted by atomic mass is 10.1. The van der Waals surface area contributed by atoms with Crippen molar-refractivity contribution < 1.29 is 4.42 Å². The zero-order valence-corrected chi connectivity index (χ0v) is 11.9. The van der Waals surface area contributed by atoms with Crippen molar-refractivity contribution in [3.8, 4) is 0 Å². The average Bonchev–Trinajstić information content (AvgIpc) is 2.94. The highest BCUT2D eigenvalue weighted by Crippen LogP contribution is 2.47. The molecule has 0 bridgehead atoms. The molecule has 1 fully saturated rings. The van der Waals surface area contributed by atoms with E-state index in [2.05, 4.69) is 56.4 Å². The summed E-state index contributed by atoms with van der Waals surface area (Å²) in [6.07, 6.45) is 1.28. The number of anilines is 1. The normalized spacial score (nSPS) is 21.4. The molecule has 1 aromatic carbocycles. The van der Waals surface area contributed by atoms with E-state index in [0.717, 1.165) is 24.0 Å². The number of nitrogens with one attached hydrogen (secondary N) is 1. The maximum atomic E-state index is 5.91. The molecule has 3 rings (SSSR count). The van der Waals surface area contributed by atoms with Gasteiger partial charge in [-0.2, -0.15) is 0 Å². The van der Waals surface area contributed by atoms with Crippen LogP contribution in [0.15, 0.2) is 34.7 Å². The molecule has 1 aromatic heterocycles. The SMILES string of the molecule is Cc1cccc(NCc2ccc(C3CC3C)o2)c1C. The van der Waals surface area contributed by atoms with Crippen LogP contribution in [0, 0.1) is 19.8 Å². The summed E-state index contributed by atoms with van der Waals surface area (Å²) in [6.45, 7) is 7.32. The fraction of sp³-hybridized carbons (Fsp3) is 0.412. The highest BCUT2D eigenvalue weighted by Gasteiger charge is 2.36. The third kappa shape index (κ3) is 2.53. The van der Waals surface area contributed by atoms with Crippen molar-refractivity contribution in [2.45, 2.75) is 39.7 Å². The van der Waals surface area contributed by atoms with Gasteiger partial charge in [0.1, 0.15) is 11.5 Å². The number of hydrogen-bond donors (Lipinski definition) is 1. The van der Waals surface area contributed by atoms with Crippen molar-refractivity contribution in [2.75, 3.05) is 5.32 Å². The molecule has 0 saturated heterocycles. The summed E-state index contributed by atoms with van der Waals surface area (Å²) in [5.74, 6) is 3.64. The Hall–Kier alpha value is -1.70. The summed E-state index contributed by atoms with van der Waals surface area (Å²) in [7, 11) is 0. The molecule has 2 unspecified atom stereocenters. The summed E-state index contributed by atoms with van der Waals surface area (Å²) < 4.78 is 5.91. The molecule has 0 amide bonds. The van der Waals surface area contributed by atoms with Crippen LogP contribution in [0.25, 0.3) is 0 Å². The first-order valence-electron chi connectivity index (χ1n) is 7.04.